The number of urea groups is 1. The zero-order chi connectivity index (χ0) is 23.5. The minimum absolute atomic E-state index is 0.0534. The Labute approximate surface area is 185 Å². The van der Waals surface area contributed by atoms with E-state index in [1.807, 2.05) is 11.0 Å². The van der Waals surface area contributed by atoms with Crippen molar-refractivity contribution < 1.29 is 18.4 Å². The molecule has 0 radical (unpaired) electrons. The van der Waals surface area contributed by atoms with Gasteiger partial charge in [0.05, 0.1) is 34.6 Å². The van der Waals surface area contributed by atoms with Crippen LogP contribution in [0.4, 0.5) is 4.79 Å². The third-order valence-electron chi connectivity index (χ3n) is 6.40. The number of aromatic nitrogens is 2. The number of pyridine rings is 1. The van der Waals surface area contributed by atoms with Gasteiger partial charge in [-0.2, -0.15) is 0 Å². The lowest BCUT2D eigenvalue weighted by Gasteiger charge is -2.32. The van der Waals surface area contributed by atoms with Gasteiger partial charge in [0, 0.05) is 24.8 Å². The first-order valence-corrected chi connectivity index (χ1v) is 11.4. The van der Waals surface area contributed by atoms with Gasteiger partial charge in [0.1, 0.15) is 5.52 Å². The van der Waals surface area contributed by atoms with E-state index in [1.165, 1.54) is 49.9 Å². The number of nitrogens with two attached hydrogens (primary N) is 1. The Morgan fingerprint density at radius 3 is 2.90 bits per heavy atom. The number of nitrogens with zero attached hydrogens (tertiary/aromatic N) is 3. The zero-order valence-electron chi connectivity index (χ0n) is 20.1. The van der Waals surface area contributed by atoms with E-state index >= 15 is 0 Å². The Balaban J connectivity index is 0.000000172. The molecule has 0 bridgehead atoms. The van der Waals surface area contributed by atoms with Crippen LogP contribution in [0.1, 0.15) is 54.6 Å². The van der Waals surface area contributed by atoms with E-state index in [0.717, 1.165) is 35.3 Å². The van der Waals surface area contributed by atoms with E-state index in [1.54, 1.807) is 11.7 Å². The summed E-state index contributed by atoms with van der Waals surface area (Å²) in [5.41, 5.74) is 10.0. The minimum Gasteiger partial charge on any atom is -0.479 e. The van der Waals surface area contributed by atoms with Crippen LogP contribution in [-0.2, 0) is 4.74 Å². The molecule has 5 rings (SSSR count). The van der Waals surface area contributed by atoms with Crippen LogP contribution >= 0.6 is 11.3 Å². The molecule has 0 atom stereocenters. The van der Waals surface area contributed by atoms with Gasteiger partial charge >= 0.3 is 6.03 Å². The van der Waals surface area contributed by atoms with Crippen molar-refractivity contribution in [2.45, 2.75) is 44.9 Å². The highest BCUT2D eigenvalue weighted by molar-refractivity contribution is 7.17. The number of hydrogen-bond donors (Lipinski definition) is 1. The van der Waals surface area contributed by atoms with Crippen LogP contribution in [0.2, 0.25) is 0 Å². The summed E-state index contributed by atoms with van der Waals surface area (Å²) in [5, 5.41) is 0. The SMILES string of the molecule is NC(=O)N1CCC2(CCCCC2)C1.[2H]C([2H])([2H])Oc1ncc(C2=CCOCC2)c2scnc12. The number of carbonyl (C=O) groups is 1. The number of thiazole rings is 1. The van der Waals surface area contributed by atoms with Crippen molar-refractivity contribution in [3.8, 4) is 5.88 Å². The Bertz CT molecular complexity index is 1020. The smallest absolute Gasteiger partial charge is 0.314 e. The molecule has 0 unspecified atom stereocenters. The maximum Gasteiger partial charge on any atom is 0.314 e. The predicted molar refractivity (Wildman–Crippen MR) is 119 cm³/mol. The Hall–Kier alpha value is -2.19. The Morgan fingerprint density at radius 2 is 2.20 bits per heavy atom. The first kappa shape index (κ1) is 17.5. The zero-order valence-corrected chi connectivity index (χ0v) is 17.9. The summed E-state index contributed by atoms with van der Waals surface area (Å²) in [4.78, 5) is 21.1. The maximum absolute atomic E-state index is 11.0. The molecule has 2 aliphatic heterocycles. The molecule has 7 nitrogen and oxygen atoms in total. The summed E-state index contributed by atoms with van der Waals surface area (Å²) in [6.07, 6.45) is 12.3. The third-order valence-corrected chi connectivity index (χ3v) is 7.26. The van der Waals surface area contributed by atoms with Gasteiger partial charge in [-0.05, 0) is 36.7 Å². The average Bonchev–Trinajstić information content (AvgIpc) is 3.43. The molecule has 2 aromatic rings. The van der Waals surface area contributed by atoms with E-state index in [4.69, 9.17) is 19.3 Å². The van der Waals surface area contributed by atoms with Crippen molar-refractivity contribution in [2.75, 3.05) is 33.3 Å². The lowest BCUT2D eigenvalue weighted by atomic mass is 9.73. The van der Waals surface area contributed by atoms with Gasteiger partial charge in [0.2, 0.25) is 5.88 Å². The molecule has 8 heteroatoms. The quantitative estimate of drug-likeness (QED) is 0.765. The number of primary amides is 1. The standard InChI is InChI=1S/C12H12N2O2S.C10H18N2O/c1-15-12-10-11(17-7-14-10)9(6-13-12)8-2-4-16-5-3-8;11-9(13)12-7-6-10(8-12)4-2-1-3-5-10/h2,6-7H,3-5H2,1H3;1-8H2,(H2,11,13)/i1D3;. The second-order valence-corrected chi connectivity index (χ2v) is 9.09. The van der Waals surface area contributed by atoms with Gasteiger partial charge in [-0.25, -0.2) is 14.8 Å². The number of rotatable bonds is 2. The van der Waals surface area contributed by atoms with Gasteiger partial charge in [-0.15, -0.1) is 11.3 Å². The van der Waals surface area contributed by atoms with Crippen LogP contribution in [0, 0.1) is 5.41 Å². The summed E-state index contributed by atoms with van der Waals surface area (Å²) in [7, 11) is -2.52. The van der Waals surface area contributed by atoms with Crippen LogP contribution in [-0.4, -0.2) is 54.2 Å². The van der Waals surface area contributed by atoms with Crippen LogP contribution in [0.5, 0.6) is 5.88 Å². The molecule has 2 N–H and O–H groups in total. The molecule has 4 heterocycles. The summed E-state index contributed by atoms with van der Waals surface area (Å²) < 4.78 is 32.6. The number of hydrogen-bond acceptors (Lipinski definition) is 6. The molecule has 1 saturated heterocycles. The summed E-state index contributed by atoms with van der Waals surface area (Å²) in [5.74, 6) is 0.0534. The van der Waals surface area contributed by atoms with Gasteiger partial charge in [-0.3, -0.25) is 0 Å². The highest BCUT2D eigenvalue weighted by Gasteiger charge is 2.39. The molecule has 2 amide bonds. The average molecular weight is 434 g/mol. The van der Waals surface area contributed by atoms with Gasteiger partial charge in [-0.1, -0.05) is 25.3 Å². The number of ether oxygens (including phenoxy) is 2. The number of amides is 2. The number of likely N-dealkylation sites (tertiary alicyclic amines) is 1. The number of fused-ring (bicyclic) bond motifs is 1. The largest absolute Gasteiger partial charge is 0.479 e. The lowest BCUT2D eigenvalue weighted by Crippen LogP contribution is -2.36. The van der Waals surface area contributed by atoms with Gasteiger partial charge in [0.25, 0.3) is 0 Å². The Morgan fingerprint density at radius 1 is 1.33 bits per heavy atom. The molecule has 1 aliphatic carbocycles. The van der Waals surface area contributed by atoms with Crippen LogP contribution in [0.3, 0.4) is 0 Å². The topological polar surface area (TPSA) is 90.6 Å². The van der Waals surface area contributed by atoms with Crippen molar-refractivity contribution in [1.82, 2.24) is 14.9 Å². The van der Waals surface area contributed by atoms with Crippen molar-refractivity contribution in [3.05, 3.63) is 23.3 Å². The fourth-order valence-electron chi connectivity index (χ4n) is 4.74. The van der Waals surface area contributed by atoms with Crippen molar-refractivity contribution >= 4 is 33.2 Å². The predicted octanol–water partition coefficient (Wildman–Crippen LogP) is 4.22. The van der Waals surface area contributed by atoms with E-state index in [2.05, 4.69) is 9.97 Å². The van der Waals surface area contributed by atoms with Crippen molar-refractivity contribution in [1.29, 1.82) is 0 Å². The maximum atomic E-state index is 11.0. The van der Waals surface area contributed by atoms with Crippen LogP contribution < -0.4 is 10.5 Å². The Kier molecular flexibility index (Phi) is 5.42. The fourth-order valence-corrected chi connectivity index (χ4v) is 5.57. The second kappa shape index (κ2) is 9.31. The molecule has 30 heavy (non-hydrogen) atoms. The van der Waals surface area contributed by atoms with Crippen molar-refractivity contribution in [2.24, 2.45) is 11.1 Å². The second-order valence-electron chi connectivity index (χ2n) is 8.23. The lowest BCUT2D eigenvalue weighted by molar-refractivity contribution is 0.161. The first-order chi connectivity index (χ1) is 15.8. The van der Waals surface area contributed by atoms with E-state index in [-0.39, 0.29) is 11.9 Å². The molecule has 2 aromatic heterocycles. The van der Waals surface area contributed by atoms with Crippen LogP contribution in [0.15, 0.2) is 17.8 Å². The molecule has 0 aromatic carbocycles. The highest BCUT2D eigenvalue weighted by atomic mass is 32.1. The fraction of sp³-hybridized carbons (Fsp3) is 0.591. The number of carbonyl (C=O) groups excluding carboxylic acids is 1. The molecular formula is C22H30N4O3S. The van der Waals surface area contributed by atoms with E-state index in [0.29, 0.717) is 24.1 Å². The molecule has 162 valence electrons. The molecule has 1 spiro atoms. The van der Waals surface area contributed by atoms with Gasteiger partial charge < -0.3 is 20.1 Å². The monoisotopic (exact) mass is 433 g/mol. The van der Waals surface area contributed by atoms with E-state index < -0.39 is 7.04 Å². The van der Waals surface area contributed by atoms with Crippen LogP contribution in [0.25, 0.3) is 15.8 Å². The molecule has 1 saturated carbocycles. The van der Waals surface area contributed by atoms with E-state index in [9.17, 15) is 4.79 Å². The summed E-state index contributed by atoms with van der Waals surface area (Å²) >= 11 is 1.45. The minimum atomic E-state index is -2.52. The van der Waals surface area contributed by atoms with Gasteiger partial charge in [0.15, 0.2) is 0 Å². The molecule has 3 aliphatic rings. The molecular weight excluding hydrogens is 400 g/mol. The van der Waals surface area contributed by atoms with Crippen molar-refractivity contribution in [3.63, 3.8) is 0 Å². The first-order valence-electron chi connectivity index (χ1n) is 12.0. The summed E-state index contributed by atoms with van der Waals surface area (Å²) in [6, 6.07) is -0.234. The summed E-state index contributed by atoms with van der Waals surface area (Å²) in [6.45, 7) is 3.07. The molecule has 2 fully saturated rings. The number of methoxy groups -OCH3 is 1. The normalized spacial score (nSPS) is 22.5. The highest BCUT2D eigenvalue weighted by Crippen LogP contribution is 2.43. The third kappa shape index (κ3) is 4.44.